The molecule has 1 aliphatic carbocycles. The van der Waals surface area contributed by atoms with Gasteiger partial charge in [0.15, 0.2) is 0 Å². The summed E-state index contributed by atoms with van der Waals surface area (Å²) >= 11 is 6.38. The molecule has 4 aromatic rings. The van der Waals surface area contributed by atoms with Crippen LogP contribution in [0.25, 0.3) is 16.5 Å². The quantitative estimate of drug-likeness (QED) is 0.0884. The number of allylic oxidation sites excluding steroid dienone is 2. The molecule has 8 rings (SSSR count). The van der Waals surface area contributed by atoms with Crippen molar-refractivity contribution in [3.63, 3.8) is 0 Å². The molecule has 0 saturated carbocycles. The van der Waals surface area contributed by atoms with Crippen molar-refractivity contribution < 1.29 is 41.8 Å². The predicted molar refractivity (Wildman–Crippen MR) is 253 cm³/mol. The average molecular weight is 960 g/mol. The number of piperazine rings is 1. The number of alkyl halides is 3. The van der Waals surface area contributed by atoms with Crippen LogP contribution < -0.4 is 26.0 Å². The number of aromatic nitrogens is 2. The summed E-state index contributed by atoms with van der Waals surface area (Å²) in [6.45, 7) is 9.68. The van der Waals surface area contributed by atoms with Gasteiger partial charge in [0, 0.05) is 99.6 Å². The summed E-state index contributed by atoms with van der Waals surface area (Å²) in [6.07, 6.45) is 1.29. The molecule has 4 N–H and O–H groups in total. The number of likely N-dealkylation sites (tertiary alicyclic amines) is 1. The zero-order chi connectivity index (χ0) is 48.3. The second-order valence-corrected chi connectivity index (χ2v) is 18.4. The summed E-state index contributed by atoms with van der Waals surface area (Å²) in [4.78, 5) is 68.0. The monoisotopic (exact) mass is 959 g/mol. The third kappa shape index (κ3) is 11.1. The van der Waals surface area contributed by atoms with Crippen LogP contribution in [0.15, 0.2) is 54.6 Å². The van der Waals surface area contributed by atoms with Crippen LogP contribution in [-0.4, -0.2) is 121 Å². The largest absolute Gasteiger partial charge is 0.496 e. The van der Waals surface area contributed by atoms with E-state index in [2.05, 4.69) is 31.6 Å². The number of aryl methyl sites for hydroxylation is 1. The molecule has 0 spiro atoms. The fourth-order valence-corrected chi connectivity index (χ4v) is 9.73. The highest BCUT2D eigenvalue weighted by atomic mass is 35.5. The lowest BCUT2D eigenvalue weighted by molar-refractivity contribution is -0.138. The number of urea groups is 1. The minimum atomic E-state index is -4.54. The Morgan fingerprint density at radius 3 is 2.41 bits per heavy atom. The van der Waals surface area contributed by atoms with Crippen molar-refractivity contribution in [1.82, 2.24) is 30.0 Å². The second-order valence-electron chi connectivity index (χ2n) is 18.0. The minimum absolute atomic E-state index is 0.0185. The van der Waals surface area contributed by atoms with E-state index in [-0.39, 0.29) is 42.3 Å². The Balaban J connectivity index is 0.786. The molecule has 5 amide bonds. The van der Waals surface area contributed by atoms with Crippen LogP contribution in [0.3, 0.4) is 0 Å². The number of anilines is 3. The summed E-state index contributed by atoms with van der Waals surface area (Å²) in [5.74, 6) is 1.48. The number of benzene rings is 3. The van der Waals surface area contributed by atoms with E-state index in [4.69, 9.17) is 26.8 Å². The van der Waals surface area contributed by atoms with Gasteiger partial charge in [0.1, 0.15) is 17.4 Å². The van der Waals surface area contributed by atoms with Gasteiger partial charge in [0.2, 0.25) is 11.8 Å². The van der Waals surface area contributed by atoms with Crippen LogP contribution in [0, 0.1) is 18.8 Å². The zero-order valence-electron chi connectivity index (χ0n) is 38.5. The number of methoxy groups -OCH3 is 1. The van der Waals surface area contributed by atoms with Gasteiger partial charge in [-0.25, -0.2) is 14.8 Å². The fraction of sp³-hybridized carbons (Fsp3) is 0.469. The van der Waals surface area contributed by atoms with E-state index in [1.54, 1.807) is 39.2 Å². The van der Waals surface area contributed by atoms with E-state index in [0.717, 1.165) is 55.7 Å². The molecule has 19 heteroatoms. The Bertz CT molecular complexity index is 2600. The molecule has 3 aromatic carbocycles. The van der Waals surface area contributed by atoms with Crippen molar-refractivity contribution in [2.75, 3.05) is 88.6 Å². The average Bonchev–Trinajstić information content (AvgIpc) is 3.32. The third-order valence-electron chi connectivity index (χ3n) is 13.4. The molecule has 68 heavy (non-hydrogen) atoms. The van der Waals surface area contributed by atoms with Crippen LogP contribution in [-0.2, 0) is 20.5 Å². The van der Waals surface area contributed by atoms with Crippen molar-refractivity contribution in [2.45, 2.75) is 64.6 Å². The molecule has 3 aliphatic heterocycles. The number of ether oxygens (including phenoxy) is 2. The predicted octanol–water partition coefficient (Wildman–Crippen LogP) is 7.72. The maximum atomic E-state index is 13.8. The first-order chi connectivity index (χ1) is 32.5. The lowest BCUT2D eigenvalue weighted by atomic mass is 9.85. The number of piperidine rings is 1. The van der Waals surface area contributed by atoms with Gasteiger partial charge in [0.05, 0.1) is 41.5 Å². The summed E-state index contributed by atoms with van der Waals surface area (Å²) in [7, 11) is 1.60. The van der Waals surface area contributed by atoms with E-state index >= 15 is 0 Å². The van der Waals surface area contributed by atoms with Crippen molar-refractivity contribution in [3.05, 3.63) is 87.7 Å². The molecule has 1 unspecified atom stereocenters. The third-order valence-corrected chi connectivity index (χ3v) is 13.7. The number of nitrogens with two attached hydrogens (primary N) is 1. The van der Waals surface area contributed by atoms with Gasteiger partial charge in [-0.1, -0.05) is 17.7 Å². The molecule has 4 aliphatic rings. The number of amides is 5. The summed E-state index contributed by atoms with van der Waals surface area (Å²) in [6, 6.07) is 11.1. The molecule has 0 radical (unpaired) electrons. The Morgan fingerprint density at radius 2 is 1.72 bits per heavy atom. The smallest absolute Gasteiger partial charge is 0.416 e. The Morgan fingerprint density at radius 1 is 0.956 bits per heavy atom. The number of fused-ring (bicyclic) bond motifs is 1. The van der Waals surface area contributed by atoms with Crippen molar-refractivity contribution in [1.29, 1.82) is 0 Å². The van der Waals surface area contributed by atoms with E-state index < -0.39 is 23.8 Å². The Labute approximate surface area is 398 Å². The number of hydrogen-bond acceptors (Lipinski definition) is 11. The van der Waals surface area contributed by atoms with Gasteiger partial charge in [-0.15, -0.1) is 0 Å². The first-order valence-corrected chi connectivity index (χ1v) is 23.5. The lowest BCUT2D eigenvalue weighted by Crippen LogP contribution is -2.51. The Hall–Kier alpha value is -5.98. The Kier molecular flexibility index (Phi) is 14.8. The molecule has 362 valence electrons. The number of nitrogens with zero attached hydrogens (tertiary/aromatic N) is 6. The number of nitrogens with one attached hydrogen (secondary N) is 2. The molecule has 0 bridgehead atoms. The topological polar surface area (TPSA) is 176 Å². The highest BCUT2D eigenvalue weighted by molar-refractivity contribution is 6.34. The van der Waals surface area contributed by atoms with Crippen LogP contribution in [0.4, 0.5) is 35.2 Å². The zero-order valence-corrected chi connectivity index (χ0v) is 39.2. The van der Waals surface area contributed by atoms with Crippen molar-refractivity contribution >= 4 is 69.0 Å². The molecule has 4 heterocycles. The van der Waals surface area contributed by atoms with E-state index in [9.17, 15) is 32.3 Å². The second kappa shape index (κ2) is 20.7. The van der Waals surface area contributed by atoms with Gasteiger partial charge >= 0.3 is 12.2 Å². The normalized spacial score (nSPS) is 19.2. The van der Waals surface area contributed by atoms with Crippen LogP contribution in [0.1, 0.15) is 84.4 Å². The van der Waals surface area contributed by atoms with E-state index in [0.29, 0.717) is 115 Å². The van der Waals surface area contributed by atoms with E-state index in [1.807, 2.05) is 21.9 Å². The van der Waals surface area contributed by atoms with Gasteiger partial charge in [-0.3, -0.25) is 29.5 Å². The fourth-order valence-electron chi connectivity index (χ4n) is 9.51. The maximum absolute atomic E-state index is 13.8. The highest BCUT2D eigenvalue weighted by Gasteiger charge is 2.33. The van der Waals surface area contributed by atoms with Gasteiger partial charge in [-0.2, -0.15) is 13.2 Å². The highest BCUT2D eigenvalue weighted by Crippen LogP contribution is 2.40. The first kappa shape index (κ1) is 48.5. The van der Waals surface area contributed by atoms with Crippen LogP contribution in [0.5, 0.6) is 5.75 Å². The standard InChI is InChI=1S/C49H57ClF3N9O6/c1-29(35-22-36(49(51,52)53)25-37(54)23-35)55-45-39-26-38(43(67-3)27-41(39)56-30(2)57-45)32-4-6-33(7-5-32)46(64)61-18-16-59(17-19-61)20-21-68-28-31-10-13-60(14-11-31)47(65)34-8-9-40(50)42(24-34)62-15-12-44(63)58-48(62)66/h4,8-9,22-27,29,31,33H,5-7,10-21,28,54H2,1-3H3,(H,55,56,57)(H,58,63,66)/t29-,33?/m1/s1. The molecule has 1 aromatic heterocycles. The van der Waals surface area contributed by atoms with Crippen molar-refractivity contribution in [2.24, 2.45) is 11.8 Å². The summed E-state index contributed by atoms with van der Waals surface area (Å²) in [5, 5.41) is 6.61. The number of carbonyl (C=O) groups is 4. The number of imide groups is 1. The number of nitrogen functional groups attached to an aromatic ring is 1. The molecule has 2 atom stereocenters. The molecular weight excluding hydrogens is 903 g/mol. The van der Waals surface area contributed by atoms with Gasteiger partial charge < -0.3 is 30.3 Å². The molecule has 3 saturated heterocycles. The van der Waals surface area contributed by atoms with Crippen LogP contribution in [0.2, 0.25) is 5.02 Å². The number of rotatable bonds is 13. The summed E-state index contributed by atoms with van der Waals surface area (Å²) in [5.41, 5.74) is 8.80. The molecular formula is C49H57ClF3N9O6. The molecule has 3 fully saturated rings. The minimum Gasteiger partial charge on any atom is -0.496 e. The van der Waals surface area contributed by atoms with Gasteiger partial charge in [0.25, 0.3) is 5.91 Å². The maximum Gasteiger partial charge on any atom is 0.416 e. The number of carbonyl (C=O) groups excluding carboxylic acids is 4. The molecule has 15 nitrogen and oxygen atoms in total. The SMILES string of the molecule is COc1cc2nc(C)nc(N[C@H](C)c3cc(N)cc(C(F)(F)F)c3)c2cc1C1=CCC(C(=O)N2CCN(CCOCC3CCN(C(=O)c4ccc(Cl)c(N5CCC(=O)NC5=O)c4)CC3)CC2)CC1. The van der Waals surface area contributed by atoms with Crippen molar-refractivity contribution in [3.8, 4) is 5.75 Å². The van der Waals surface area contributed by atoms with Crippen LogP contribution >= 0.6 is 11.6 Å². The summed E-state index contributed by atoms with van der Waals surface area (Å²) < 4.78 is 52.8. The van der Waals surface area contributed by atoms with E-state index in [1.165, 1.54) is 11.0 Å². The first-order valence-electron chi connectivity index (χ1n) is 23.1. The number of hydrogen-bond donors (Lipinski definition) is 3. The number of halogens is 4. The lowest BCUT2D eigenvalue weighted by Gasteiger charge is -2.37. The van der Waals surface area contributed by atoms with Gasteiger partial charge in [-0.05, 0) is 105 Å².